The Hall–Kier alpha value is -1.64. The van der Waals surface area contributed by atoms with Crippen molar-refractivity contribution in [3.63, 3.8) is 0 Å². The SMILES string of the molecule is CCC(N)(CC)CNC(=O)CN=C1NS(=O)(=O)c2ccccc21.Cl. The van der Waals surface area contributed by atoms with E-state index in [4.69, 9.17) is 5.73 Å². The third-order valence-electron chi connectivity index (χ3n) is 4.09. The second-order valence-electron chi connectivity index (χ2n) is 5.61. The third-order valence-corrected chi connectivity index (χ3v) is 5.49. The van der Waals surface area contributed by atoms with Gasteiger partial charge in [0.15, 0.2) is 0 Å². The van der Waals surface area contributed by atoms with Crippen molar-refractivity contribution in [3.05, 3.63) is 29.8 Å². The zero-order valence-electron chi connectivity index (χ0n) is 13.7. The molecule has 1 amide bonds. The lowest BCUT2D eigenvalue weighted by Crippen LogP contribution is -2.49. The molecule has 0 aliphatic carbocycles. The minimum absolute atomic E-state index is 0. The van der Waals surface area contributed by atoms with Crippen molar-refractivity contribution in [2.75, 3.05) is 13.1 Å². The first-order chi connectivity index (χ1) is 10.8. The summed E-state index contributed by atoms with van der Waals surface area (Å²) in [6.07, 6.45) is 1.51. The quantitative estimate of drug-likeness (QED) is 0.682. The van der Waals surface area contributed by atoms with Crippen LogP contribution < -0.4 is 15.8 Å². The number of amides is 1. The first kappa shape index (κ1) is 20.4. The molecule has 1 aromatic rings. The average Bonchev–Trinajstić information content (AvgIpc) is 2.82. The van der Waals surface area contributed by atoms with Gasteiger partial charge in [-0.2, -0.15) is 0 Å². The van der Waals surface area contributed by atoms with Crippen LogP contribution in [0.5, 0.6) is 0 Å². The number of nitrogens with two attached hydrogens (primary N) is 1. The normalized spacial score (nSPS) is 16.9. The van der Waals surface area contributed by atoms with Gasteiger partial charge in [-0.25, -0.2) is 8.42 Å². The Balaban J connectivity index is 0.00000288. The Kier molecular flexibility index (Phi) is 6.76. The molecule has 2 rings (SSSR count). The van der Waals surface area contributed by atoms with Crippen LogP contribution in [-0.4, -0.2) is 38.8 Å². The number of nitrogens with one attached hydrogen (secondary N) is 2. The van der Waals surface area contributed by atoms with Gasteiger partial charge >= 0.3 is 0 Å². The second kappa shape index (κ2) is 7.96. The fourth-order valence-electron chi connectivity index (χ4n) is 2.23. The number of sulfonamides is 1. The van der Waals surface area contributed by atoms with E-state index in [1.54, 1.807) is 18.2 Å². The van der Waals surface area contributed by atoms with E-state index < -0.39 is 15.6 Å². The monoisotopic (exact) mass is 374 g/mol. The second-order valence-corrected chi connectivity index (χ2v) is 7.26. The Labute approximate surface area is 148 Å². The summed E-state index contributed by atoms with van der Waals surface area (Å²) in [5, 5.41) is 2.75. The number of carbonyl (C=O) groups is 1. The van der Waals surface area contributed by atoms with Crippen LogP contribution in [0.15, 0.2) is 34.2 Å². The lowest BCUT2D eigenvalue weighted by atomic mass is 9.94. The summed E-state index contributed by atoms with van der Waals surface area (Å²) in [4.78, 5) is 16.2. The van der Waals surface area contributed by atoms with E-state index >= 15 is 0 Å². The lowest BCUT2D eigenvalue weighted by Gasteiger charge is -2.26. The maximum Gasteiger partial charge on any atom is 0.263 e. The van der Waals surface area contributed by atoms with Gasteiger partial charge in [0.2, 0.25) is 5.91 Å². The number of amidine groups is 1. The van der Waals surface area contributed by atoms with E-state index in [0.717, 1.165) is 12.8 Å². The summed E-state index contributed by atoms with van der Waals surface area (Å²) in [6, 6.07) is 6.53. The number of fused-ring (bicyclic) bond motifs is 1. The Morgan fingerprint density at radius 2 is 1.92 bits per heavy atom. The highest BCUT2D eigenvalue weighted by Gasteiger charge is 2.30. The van der Waals surface area contributed by atoms with Gasteiger partial charge in [-0.1, -0.05) is 26.0 Å². The van der Waals surface area contributed by atoms with E-state index in [9.17, 15) is 13.2 Å². The smallest absolute Gasteiger partial charge is 0.263 e. The molecule has 0 aromatic heterocycles. The predicted octanol–water partition coefficient (Wildman–Crippen LogP) is 0.781. The molecule has 1 aromatic carbocycles. The first-order valence-electron chi connectivity index (χ1n) is 7.53. The molecule has 0 radical (unpaired) electrons. The van der Waals surface area contributed by atoms with Gasteiger partial charge in [0.25, 0.3) is 10.0 Å². The van der Waals surface area contributed by atoms with Crippen LogP contribution >= 0.6 is 12.4 Å². The standard InChI is InChI=1S/C15H22N4O3S.ClH/c1-3-15(16,4-2)10-18-13(20)9-17-14-11-7-5-6-8-12(11)23(21,22)19-14;/h5-8H,3-4,9-10,16H2,1-2H3,(H,17,19)(H,18,20);1H. The van der Waals surface area contributed by atoms with Gasteiger partial charge in [-0.15, -0.1) is 12.4 Å². The van der Waals surface area contributed by atoms with Crippen molar-refractivity contribution < 1.29 is 13.2 Å². The molecule has 4 N–H and O–H groups in total. The summed E-state index contributed by atoms with van der Waals surface area (Å²) in [6.45, 7) is 4.15. The predicted molar refractivity (Wildman–Crippen MR) is 95.9 cm³/mol. The number of hydrogen-bond donors (Lipinski definition) is 3. The molecular weight excluding hydrogens is 352 g/mol. The molecule has 9 heteroatoms. The molecule has 0 atom stereocenters. The minimum Gasteiger partial charge on any atom is -0.353 e. The molecule has 7 nitrogen and oxygen atoms in total. The molecule has 1 aliphatic rings. The number of rotatable bonds is 6. The van der Waals surface area contributed by atoms with E-state index in [1.165, 1.54) is 6.07 Å². The van der Waals surface area contributed by atoms with Crippen molar-refractivity contribution in [3.8, 4) is 0 Å². The summed E-state index contributed by atoms with van der Waals surface area (Å²) >= 11 is 0. The molecule has 1 heterocycles. The van der Waals surface area contributed by atoms with Gasteiger partial charge in [-0.3, -0.25) is 14.5 Å². The maximum absolute atomic E-state index is 11.9. The van der Waals surface area contributed by atoms with Crippen LogP contribution in [-0.2, 0) is 14.8 Å². The molecule has 0 spiro atoms. The Bertz CT molecular complexity index is 730. The lowest BCUT2D eigenvalue weighted by molar-refractivity contribution is -0.119. The van der Waals surface area contributed by atoms with Crippen molar-refractivity contribution in [2.24, 2.45) is 10.7 Å². The molecule has 134 valence electrons. The summed E-state index contributed by atoms with van der Waals surface area (Å²) in [5.41, 5.74) is 6.18. The molecule has 24 heavy (non-hydrogen) atoms. The Morgan fingerprint density at radius 1 is 1.29 bits per heavy atom. The topological polar surface area (TPSA) is 114 Å². The third kappa shape index (κ3) is 4.46. The van der Waals surface area contributed by atoms with Crippen molar-refractivity contribution >= 4 is 34.2 Å². The van der Waals surface area contributed by atoms with Gasteiger partial charge in [0.1, 0.15) is 12.4 Å². The molecule has 0 saturated carbocycles. The summed E-state index contributed by atoms with van der Waals surface area (Å²) in [5.74, 6) is -0.0986. The molecule has 1 aliphatic heterocycles. The highest BCUT2D eigenvalue weighted by Crippen LogP contribution is 2.21. The summed E-state index contributed by atoms with van der Waals surface area (Å²) < 4.78 is 26.2. The van der Waals surface area contributed by atoms with Gasteiger partial charge in [-0.05, 0) is 25.0 Å². The van der Waals surface area contributed by atoms with Gasteiger partial charge in [0, 0.05) is 17.6 Å². The van der Waals surface area contributed by atoms with Crippen molar-refractivity contribution in [1.29, 1.82) is 0 Å². The molecule has 0 saturated heterocycles. The van der Waals surface area contributed by atoms with Crippen LogP contribution in [0.1, 0.15) is 32.3 Å². The van der Waals surface area contributed by atoms with Crippen LogP contribution in [0.2, 0.25) is 0 Å². The van der Waals surface area contributed by atoms with Crippen LogP contribution in [0.3, 0.4) is 0 Å². The number of hydrogen-bond acceptors (Lipinski definition) is 5. The molecular formula is C15H23ClN4O3S. The molecule has 0 unspecified atom stereocenters. The fourth-order valence-corrected chi connectivity index (χ4v) is 3.48. The van der Waals surface area contributed by atoms with E-state index in [-0.39, 0.29) is 35.6 Å². The van der Waals surface area contributed by atoms with Crippen LogP contribution in [0, 0.1) is 0 Å². The fraction of sp³-hybridized carbons (Fsp3) is 0.467. The van der Waals surface area contributed by atoms with E-state index in [0.29, 0.717) is 12.1 Å². The van der Waals surface area contributed by atoms with Crippen LogP contribution in [0.25, 0.3) is 0 Å². The van der Waals surface area contributed by atoms with Crippen molar-refractivity contribution in [2.45, 2.75) is 37.1 Å². The number of halogens is 1. The average molecular weight is 375 g/mol. The zero-order valence-corrected chi connectivity index (χ0v) is 15.3. The first-order valence-corrected chi connectivity index (χ1v) is 9.02. The highest BCUT2D eigenvalue weighted by atomic mass is 35.5. The molecule has 0 bridgehead atoms. The number of nitrogens with zero attached hydrogens (tertiary/aromatic N) is 1. The van der Waals surface area contributed by atoms with Gasteiger partial charge in [0.05, 0.1) is 4.90 Å². The highest BCUT2D eigenvalue weighted by molar-refractivity contribution is 7.90. The van der Waals surface area contributed by atoms with E-state index in [2.05, 4.69) is 15.0 Å². The zero-order chi connectivity index (χ0) is 17.1. The number of aliphatic imine (C=N–C) groups is 1. The van der Waals surface area contributed by atoms with Gasteiger partial charge < -0.3 is 11.1 Å². The largest absolute Gasteiger partial charge is 0.353 e. The Morgan fingerprint density at radius 3 is 2.54 bits per heavy atom. The minimum atomic E-state index is -3.58. The van der Waals surface area contributed by atoms with Crippen molar-refractivity contribution in [1.82, 2.24) is 10.0 Å². The number of carbonyl (C=O) groups excluding carboxylic acids is 1. The van der Waals surface area contributed by atoms with E-state index in [1.807, 2.05) is 13.8 Å². The molecule has 0 fully saturated rings. The van der Waals surface area contributed by atoms with Crippen LogP contribution in [0.4, 0.5) is 0 Å². The maximum atomic E-state index is 11.9. The summed E-state index contributed by atoms with van der Waals surface area (Å²) in [7, 11) is -3.58. The number of benzene rings is 1.